The van der Waals surface area contributed by atoms with Crippen LogP contribution in [0.3, 0.4) is 0 Å². The summed E-state index contributed by atoms with van der Waals surface area (Å²) in [5.74, 6) is 2.11. The number of fused-ring (bicyclic) bond motifs is 2. The monoisotopic (exact) mass is 297 g/mol. The number of aromatic nitrogens is 2. The van der Waals surface area contributed by atoms with Gasteiger partial charge in [0.25, 0.3) is 0 Å². The van der Waals surface area contributed by atoms with Crippen LogP contribution in [0.2, 0.25) is 0 Å². The van der Waals surface area contributed by atoms with Gasteiger partial charge in [-0.3, -0.25) is 5.10 Å². The summed E-state index contributed by atoms with van der Waals surface area (Å²) in [6, 6.07) is 8.27. The van der Waals surface area contributed by atoms with E-state index in [9.17, 15) is 0 Å². The van der Waals surface area contributed by atoms with Crippen molar-refractivity contribution in [3.8, 4) is 17.0 Å². The van der Waals surface area contributed by atoms with E-state index in [1.165, 1.54) is 24.2 Å². The minimum Gasteiger partial charge on any atom is -0.493 e. The maximum atomic E-state index is 6.02. The first-order chi connectivity index (χ1) is 10.7. The number of nitrogens with one attached hydrogen (secondary N) is 1. The van der Waals surface area contributed by atoms with Crippen LogP contribution in [0.5, 0.6) is 5.75 Å². The molecular weight excluding hydrogens is 274 g/mol. The average molecular weight is 297 g/mol. The fourth-order valence-corrected chi connectivity index (χ4v) is 3.58. The number of hydrogen-bond donors (Lipinski definition) is 1. The quantitative estimate of drug-likeness (QED) is 0.933. The number of aromatic amines is 1. The van der Waals surface area contributed by atoms with Gasteiger partial charge in [-0.2, -0.15) is 5.10 Å². The van der Waals surface area contributed by atoms with Gasteiger partial charge in [0.2, 0.25) is 0 Å². The molecule has 1 saturated heterocycles. The van der Waals surface area contributed by atoms with Crippen molar-refractivity contribution in [2.75, 3.05) is 24.6 Å². The molecule has 0 radical (unpaired) electrons. The molecule has 1 aromatic heterocycles. The van der Waals surface area contributed by atoms with Crippen molar-refractivity contribution < 1.29 is 4.74 Å². The molecule has 3 aliphatic heterocycles. The number of hydrogen-bond acceptors (Lipinski definition) is 3. The largest absolute Gasteiger partial charge is 0.493 e. The Morgan fingerprint density at radius 3 is 2.82 bits per heavy atom. The zero-order chi connectivity index (χ0) is 15.1. The second kappa shape index (κ2) is 5.34. The van der Waals surface area contributed by atoms with Gasteiger partial charge in [0.1, 0.15) is 11.4 Å². The Morgan fingerprint density at radius 2 is 2.05 bits per heavy atom. The summed E-state index contributed by atoms with van der Waals surface area (Å²) in [5.41, 5.74) is 4.79. The lowest BCUT2D eigenvalue weighted by atomic mass is 9.86. The SMILES string of the molecule is CC(C)COc1ccccc1-c1n[nH]c2c1N1CCC2CC1. The average Bonchev–Trinajstić information content (AvgIpc) is 3.01. The summed E-state index contributed by atoms with van der Waals surface area (Å²) in [6.07, 6.45) is 2.50. The lowest BCUT2D eigenvalue weighted by Gasteiger charge is -2.40. The predicted octanol–water partition coefficient (Wildman–Crippen LogP) is 3.81. The van der Waals surface area contributed by atoms with Crippen molar-refractivity contribution in [2.24, 2.45) is 5.92 Å². The van der Waals surface area contributed by atoms with Gasteiger partial charge >= 0.3 is 0 Å². The summed E-state index contributed by atoms with van der Waals surface area (Å²) < 4.78 is 6.02. The van der Waals surface area contributed by atoms with Gasteiger partial charge < -0.3 is 9.64 Å². The Labute approximate surface area is 131 Å². The van der Waals surface area contributed by atoms with Gasteiger partial charge in [0.05, 0.1) is 18.0 Å². The number of nitrogens with zero attached hydrogens (tertiary/aromatic N) is 2. The molecule has 0 unspecified atom stereocenters. The summed E-state index contributed by atoms with van der Waals surface area (Å²) in [4.78, 5) is 2.48. The van der Waals surface area contributed by atoms with E-state index < -0.39 is 0 Å². The van der Waals surface area contributed by atoms with E-state index in [1.807, 2.05) is 6.07 Å². The molecule has 0 atom stereocenters. The Balaban J connectivity index is 1.75. The molecule has 1 aromatic carbocycles. The van der Waals surface area contributed by atoms with Gasteiger partial charge in [-0.25, -0.2) is 0 Å². The maximum absolute atomic E-state index is 6.02. The zero-order valence-electron chi connectivity index (χ0n) is 13.3. The van der Waals surface area contributed by atoms with Crippen LogP contribution in [-0.2, 0) is 0 Å². The summed E-state index contributed by atoms with van der Waals surface area (Å²) in [7, 11) is 0. The van der Waals surface area contributed by atoms with Crippen LogP contribution in [0.15, 0.2) is 24.3 Å². The first kappa shape index (κ1) is 13.7. The molecule has 2 aromatic rings. The standard InChI is InChI=1S/C18H23N3O/c1-12(2)11-22-15-6-4-3-5-14(15)17-18-16(19-20-17)13-7-9-21(18)10-8-13/h3-6,12-13H,7-11H2,1-2H3,(H,19,20). The van der Waals surface area contributed by atoms with E-state index in [0.717, 1.165) is 36.7 Å². The molecule has 3 aliphatic rings. The minimum absolute atomic E-state index is 0.515. The number of piperidine rings is 1. The maximum Gasteiger partial charge on any atom is 0.128 e. The lowest BCUT2D eigenvalue weighted by molar-refractivity contribution is 0.272. The minimum atomic E-state index is 0.515. The number of benzene rings is 1. The third kappa shape index (κ3) is 2.18. The summed E-state index contributed by atoms with van der Waals surface area (Å²) in [5, 5.41) is 7.95. The number of anilines is 1. The van der Waals surface area contributed by atoms with Crippen LogP contribution >= 0.6 is 0 Å². The van der Waals surface area contributed by atoms with E-state index in [-0.39, 0.29) is 0 Å². The van der Waals surface area contributed by atoms with E-state index in [1.54, 1.807) is 0 Å². The highest BCUT2D eigenvalue weighted by Crippen LogP contribution is 2.47. The molecule has 4 nitrogen and oxygen atoms in total. The first-order valence-corrected chi connectivity index (χ1v) is 8.29. The number of para-hydroxylation sites is 1. The summed E-state index contributed by atoms with van der Waals surface area (Å²) >= 11 is 0. The van der Waals surface area contributed by atoms with Crippen LogP contribution in [0.1, 0.15) is 38.3 Å². The summed E-state index contributed by atoms with van der Waals surface area (Å²) in [6.45, 7) is 7.38. The highest BCUT2D eigenvalue weighted by Gasteiger charge is 2.35. The normalized spacial score (nSPS) is 17.1. The van der Waals surface area contributed by atoms with Crippen LogP contribution in [0, 0.1) is 5.92 Å². The Bertz CT molecular complexity index is 669. The second-order valence-corrected chi connectivity index (χ2v) is 6.80. The molecule has 0 aliphatic carbocycles. The molecule has 22 heavy (non-hydrogen) atoms. The molecule has 0 amide bonds. The van der Waals surface area contributed by atoms with E-state index in [4.69, 9.17) is 4.74 Å². The molecule has 0 spiro atoms. The number of H-pyrrole nitrogens is 1. The molecule has 1 fully saturated rings. The van der Waals surface area contributed by atoms with Crippen molar-refractivity contribution in [3.63, 3.8) is 0 Å². The third-order valence-corrected chi connectivity index (χ3v) is 4.70. The van der Waals surface area contributed by atoms with Gasteiger partial charge in [-0.15, -0.1) is 0 Å². The van der Waals surface area contributed by atoms with Gasteiger partial charge in [0, 0.05) is 24.6 Å². The smallest absolute Gasteiger partial charge is 0.128 e. The predicted molar refractivity (Wildman–Crippen MR) is 88.5 cm³/mol. The number of ether oxygens (including phenoxy) is 1. The van der Waals surface area contributed by atoms with Crippen molar-refractivity contribution in [1.29, 1.82) is 0 Å². The molecule has 0 saturated carbocycles. The van der Waals surface area contributed by atoms with Gasteiger partial charge in [0.15, 0.2) is 0 Å². The van der Waals surface area contributed by atoms with Crippen molar-refractivity contribution in [1.82, 2.24) is 10.2 Å². The van der Waals surface area contributed by atoms with Gasteiger partial charge in [-0.1, -0.05) is 26.0 Å². The molecule has 4 heterocycles. The fraction of sp³-hybridized carbons (Fsp3) is 0.500. The fourth-order valence-electron chi connectivity index (χ4n) is 3.58. The highest BCUT2D eigenvalue weighted by atomic mass is 16.5. The molecule has 116 valence electrons. The van der Waals surface area contributed by atoms with E-state index in [0.29, 0.717) is 11.8 Å². The Morgan fingerprint density at radius 1 is 1.27 bits per heavy atom. The van der Waals surface area contributed by atoms with E-state index in [2.05, 4.69) is 47.1 Å². The Hall–Kier alpha value is -1.97. The highest BCUT2D eigenvalue weighted by molar-refractivity contribution is 5.82. The van der Waals surface area contributed by atoms with Crippen LogP contribution in [-0.4, -0.2) is 29.9 Å². The van der Waals surface area contributed by atoms with Crippen LogP contribution < -0.4 is 9.64 Å². The van der Waals surface area contributed by atoms with Crippen molar-refractivity contribution in [3.05, 3.63) is 30.0 Å². The van der Waals surface area contributed by atoms with Gasteiger partial charge in [-0.05, 0) is 30.9 Å². The van der Waals surface area contributed by atoms with Crippen LogP contribution in [0.4, 0.5) is 5.69 Å². The zero-order valence-corrected chi connectivity index (χ0v) is 13.3. The second-order valence-electron chi connectivity index (χ2n) is 6.80. The van der Waals surface area contributed by atoms with Crippen LogP contribution in [0.25, 0.3) is 11.3 Å². The molecular formula is C18H23N3O. The first-order valence-electron chi connectivity index (χ1n) is 8.29. The number of rotatable bonds is 4. The third-order valence-electron chi connectivity index (χ3n) is 4.70. The molecule has 1 N–H and O–H groups in total. The van der Waals surface area contributed by atoms with E-state index >= 15 is 0 Å². The topological polar surface area (TPSA) is 41.1 Å². The molecule has 4 heteroatoms. The molecule has 2 bridgehead atoms. The van der Waals surface area contributed by atoms with Crippen molar-refractivity contribution >= 4 is 5.69 Å². The molecule has 5 rings (SSSR count). The Kier molecular flexibility index (Phi) is 3.32. The van der Waals surface area contributed by atoms with Crippen molar-refractivity contribution in [2.45, 2.75) is 32.6 Å². The lowest BCUT2D eigenvalue weighted by Crippen LogP contribution is -2.38.